The highest BCUT2D eigenvalue weighted by atomic mass is 32.2. The van der Waals surface area contributed by atoms with E-state index >= 15 is 0 Å². The van der Waals surface area contributed by atoms with Gasteiger partial charge in [-0.15, -0.1) is 0 Å². The number of carboxylic acid groups (broad SMARTS) is 1. The van der Waals surface area contributed by atoms with E-state index in [2.05, 4.69) is 30.9 Å². The molecule has 11 unspecified atom stereocenters. The van der Waals surface area contributed by atoms with E-state index in [-0.39, 0.29) is 94.8 Å². The smallest absolute Gasteiger partial charge is 0.328 e. The second-order valence-corrected chi connectivity index (χ2v) is 20.4. The summed E-state index contributed by atoms with van der Waals surface area (Å²) in [6.45, 7) is 6.54. The number of benzene rings is 1. The Morgan fingerprint density at radius 3 is 2.45 bits per heavy atom. The topological polar surface area (TPSA) is 378 Å². The van der Waals surface area contributed by atoms with Crippen molar-refractivity contribution in [1.29, 1.82) is 0 Å². The van der Waals surface area contributed by atoms with Crippen molar-refractivity contribution in [2.45, 2.75) is 146 Å². The summed E-state index contributed by atoms with van der Waals surface area (Å²) in [5, 5.41) is 69.8. The maximum atomic E-state index is 13.5. The summed E-state index contributed by atoms with van der Waals surface area (Å²) in [5.41, 5.74) is 7.07. The number of nitrogens with zero attached hydrogens (tertiary/aromatic N) is 1. The van der Waals surface area contributed by atoms with Crippen molar-refractivity contribution in [2.24, 2.45) is 0 Å². The van der Waals surface area contributed by atoms with Gasteiger partial charge in [0.05, 0.1) is 75.5 Å². The van der Waals surface area contributed by atoms with Gasteiger partial charge in [-0.2, -0.15) is 16.7 Å². The molecule has 0 spiro atoms. The molecule has 0 radical (unpaired) electrons. The van der Waals surface area contributed by atoms with Crippen LogP contribution in [0.4, 0.5) is 5.95 Å². The van der Waals surface area contributed by atoms with Gasteiger partial charge in [0.15, 0.2) is 12.6 Å². The van der Waals surface area contributed by atoms with Crippen LogP contribution in [-0.4, -0.2) is 207 Å². The van der Waals surface area contributed by atoms with E-state index in [1.165, 1.54) is 11.8 Å². The van der Waals surface area contributed by atoms with E-state index in [9.17, 15) is 54.6 Å². The Hall–Kier alpha value is -4.81. The molecule has 11 atom stereocenters. The number of thioether (sulfide) groups is 1. The van der Waals surface area contributed by atoms with Crippen molar-refractivity contribution in [3.8, 4) is 0 Å². The number of nitrogen functional groups attached to an aromatic ring is 1. The van der Waals surface area contributed by atoms with Gasteiger partial charge in [-0.3, -0.25) is 24.2 Å². The number of esters is 1. The number of carboxylic acids is 1. The lowest BCUT2D eigenvalue weighted by molar-refractivity contribution is -0.323. The van der Waals surface area contributed by atoms with E-state index in [4.69, 9.17) is 38.9 Å². The fraction of sp³-hybridized carbons (Fsp3) is 0.673. The summed E-state index contributed by atoms with van der Waals surface area (Å²) >= 11 is 1.41. The van der Waals surface area contributed by atoms with Crippen LogP contribution >= 0.6 is 11.8 Å². The van der Waals surface area contributed by atoms with Crippen LogP contribution in [0.5, 0.6) is 0 Å². The Morgan fingerprint density at radius 2 is 1.76 bits per heavy atom. The Bertz CT molecular complexity index is 2320. The van der Waals surface area contributed by atoms with Crippen molar-refractivity contribution in [1.82, 2.24) is 30.9 Å². The van der Waals surface area contributed by atoms with E-state index in [0.29, 0.717) is 35.4 Å². The largest absolute Gasteiger partial charge is 0.481 e. The van der Waals surface area contributed by atoms with Gasteiger partial charge in [0, 0.05) is 54.6 Å². The minimum absolute atomic E-state index is 0.00681. The summed E-state index contributed by atoms with van der Waals surface area (Å²) in [7, 11) is 0. The van der Waals surface area contributed by atoms with Crippen molar-refractivity contribution in [2.75, 3.05) is 70.0 Å². The lowest BCUT2D eigenvalue weighted by Gasteiger charge is -2.43. The van der Waals surface area contributed by atoms with E-state index in [0.717, 1.165) is 11.1 Å². The molecule has 25 nitrogen and oxygen atoms in total. The molecule has 420 valence electrons. The fourth-order valence-electron chi connectivity index (χ4n) is 8.31. The summed E-state index contributed by atoms with van der Waals surface area (Å²) < 4.78 is 40.4. The molecule has 1 aromatic carbocycles. The number of nitrogens with one attached hydrogen (secondary N) is 5. The third-order valence-electron chi connectivity index (χ3n) is 12.1. The number of rotatable bonds is 31. The van der Waals surface area contributed by atoms with Crippen molar-refractivity contribution < 1.29 is 83.0 Å². The molecule has 2 aliphatic rings. The first-order valence-electron chi connectivity index (χ1n) is 25.1. The zero-order valence-corrected chi connectivity index (χ0v) is 43.6. The van der Waals surface area contributed by atoms with E-state index < -0.39 is 104 Å². The molecular formula is C49H75N7O18S. The molecule has 26 heteroatoms. The number of hydrogen-bond donors (Lipinski definition) is 12. The Labute approximate surface area is 438 Å². The van der Waals surface area contributed by atoms with Crippen molar-refractivity contribution >= 4 is 52.5 Å². The monoisotopic (exact) mass is 1080 g/mol. The molecule has 13 N–H and O–H groups in total. The van der Waals surface area contributed by atoms with Gasteiger partial charge in [-0.1, -0.05) is 19.1 Å². The molecular weight excluding hydrogens is 1010 g/mol. The van der Waals surface area contributed by atoms with Crippen LogP contribution in [0.25, 0.3) is 11.0 Å². The van der Waals surface area contributed by atoms with Crippen molar-refractivity contribution in [3.63, 3.8) is 0 Å². The van der Waals surface area contributed by atoms with E-state index in [1.54, 1.807) is 37.4 Å². The van der Waals surface area contributed by atoms with Crippen LogP contribution in [0.15, 0.2) is 35.3 Å². The summed E-state index contributed by atoms with van der Waals surface area (Å²) in [6, 6.07) is 4.71. The average molecular weight is 1080 g/mol. The predicted octanol–water partition coefficient (Wildman–Crippen LogP) is -0.758. The van der Waals surface area contributed by atoms with Crippen molar-refractivity contribution in [3.05, 3.63) is 57.5 Å². The number of aliphatic carboxylic acids is 1. The number of carbonyl (C=O) groups excluding carboxylic acids is 3. The number of nitrogens with two attached hydrogens (primary N) is 1. The Balaban J connectivity index is 1.04. The normalized spacial score (nSPS) is 22.8. The molecule has 3 aromatic rings. The maximum absolute atomic E-state index is 13.5. The van der Waals surface area contributed by atoms with Gasteiger partial charge in [0.2, 0.25) is 11.9 Å². The van der Waals surface area contributed by atoms with Gasteiger partial charge in [0.25, 0.3) is 11.5 Å². The zero-order chi connectivity index (χ0) is 54.7. The molecule has 2 fully saturated rings. The number of aliphatic hydroxyl groups is 5. The molecule has 0 bridgehead atoms. The van der Waals surface area contributed by atoms with Gasteiger partial charge < -0.3 is 90.5 Å². The molecule has 5 rings (SSSR count). The number of aromatic amines is 2. The fourth-order valence-corrected chi connectivity index (χ4v) is 9.46. The number of ether oxygens (including phenoxy) is 7. The van der Waals surface area contributed by atoms with Gasteiger partial charge in [0.1, 0.15) is 36.6 Å². The van der Waals surface area contributed by atoms with Crippen LogP contribution in [0.1, 0.15) is 81.3 Å². The molecule has 2 aromatic heterocycles. The number of H-pyrrole nitrogens is 2. The molecule has 0 saturated carbocycles. The number of fused-ring (bicyclic) bond motifs is 1. The number of aryl methyl sites for hydroxylation is 2. The molecule has 0 aliphatic carbocycles. The third kappa shape index (κ3) is 19.6. The number of carbonyl (C=O) groups is 4. The van der Waals surface area contributed by atoms with Gasteiger partial charge >= 0.3 is 11.9 Å². The Kier molecular flexibility index (Phi) is 24.6. The zero-order valence-electron chi connectivity index (χ0n) is 42.8. The first-order valence-corrected chi connectivity index (χ1v) is 26.2. The van der Waals surface area contributed by atoms with Crippen LogP contribution in [-0.2, 0) is 60.4 Å². The number of hydrogen-bond acceptors (Lipinski definition) is 21. The number of anilines is 1. The molecule has 75 heavy (non-hydrogen) atoms. The van der Waals surface area contributed by atoms with Crippen LogP contribution in [0.3, 0.4) is 0 Å². The second kappa shape index (κ2) is 30.2. The van der Waals surface area contributed by atoms with Crippen LogP contribution < -0.4 is 27.2 Å². The molecule has 2 saturated heterocycles. The maximum Gasteiger partial charge on any atom is 0.328 e. The highest BCUT2D eigenvalue weighted by molar-refractivity contribution is 7.99. The lowest BCUT2D eigenvalue weighted by atomic mass is 10.0. The summed E-state index contributed by atoms with van der Waals surface area (Å²) in [5.74, 6) is -2.26. The minimum atomic E-state index is -1.26. The number of aromatic nitrogens is 3. The molecule has 2 aliphatic heterocycles. The SMILES string of the molecule is CCC(O)C(OCCO)OC1CC(O)C(OC2CC(O)COC2CSCC(NC(C)(C)C)C(=O)NCCOCCOC(=O)C(CCC(=O)O)NC(=O)c2ccc(CCc3c[nH]c4nc(N)[nH]c(=O)c34)cc2)OC1CO. The first-order chi connectivity index (χ1) is 35.8. The summed E-state index contributed by atoms with van der Waals surface area (Å²) in [6.07, 6.45) is -6.09. The highest BCUT2D eigenvalue weighted by Crippen LogP contribution is 2.30. The van der Waals surface area contributed by atoms with Gasteiger partial charge in [-0.05, 0) is 69.7 Å². The molecule has 2 amide bonds. The number of aliphatic hydroxyl groups excluding tert-OH is 5. The van der Waals surface area contributed by atoms with Gasteiger partial charge in [-0.25, -0.2) is 4.79 Å². The lowest BCUT2D eigenvalue weighted by Crippen LogP contribution is -2.55. The summed E-state index contributed by atoms with van der Waals surface area (Å²) in [4.78, 5) is 73.0. The predicted molar refractivity (Wildman–Crippen MR) is 271 cm³/mol. The third-order valence-corrected chi connectivity index (χ3v) is 13.3. The number of amides is 2. The average Bonchev–Trinajstić information content (AvgIpc) is 3.78. The Morgan fingerprint density at radius 1 is 1.00 bits per heavy atom. The first kappa shape index (κ1) is 61.0. The molecule has 4 heterocycles. The second-order valence-electron chi connectivity index (χ2n) is 19.3. The standard InChI is InChI=1S/C49H75N7O18S/c1-5-33(60)46(70-17-15-57)72-36-21-34(61)47(74-37(36)23-58)73-35-20-30(59)24-71-38(35)26-75-25-32(56-49(2,3)4)43(65)51-14-16-68-18-19-69-45(67)31(12-13-39(62)63)53-42(64)28-9-6-27(7-10-28)8-11-29-22-52-41-40(29)44(66)55-48(50)54-41/h6-7,9-10,22,30-38,46-47,56-61H,5,8,11-21,23-26H2,1-4H3,(H,51,65)(H,53,64)(H,62,63)(H4,50,52,54,55,66). The van der Waals surface area contributed by atoms with Crippen LogP contribution in [0, 0.1) is 0 Å². The van der Waals surface area contributed by atoms with Crippen LogP contribution in [0.2, 0.25) is 0 Å². The minimum Gasteiger partial charge on any atom is -0.481 e. The van der Waals surface area contributed by atoms with E-state index in [1.807, 2.05) is 20.8 Å². The highest BCUT2D eigenvalue weighted by Gasteiger charge is 2.43. The quantitative estimate of drug-likeness (QED) is 0.0214.